The first kappa shape index (κ1) is 14.7. The summed E-state index contributed by atoms with van der Waals surface area (Å²) < 4.78 is 5.58. The highest BCUT2D eigenvalue weighted by Gasteiger charge is 2.27. The van der Waals surface area contributed by atoms with Crippen molar-refractivity contribution in [1.29, 1.82) is 0 Å². The molecule has 1 saturated heterocycles. The van der Waals surface area contributed by atoms with E-state index in [0.717, 1.165) is 18.7 Å². The highest BCUT2D eigenvalue weighted by atomic mass is 16.5. The van der Waals surface area contributed by atoms with Crippen LogP contribution in [0.2, 0.25) is 0 Å². The van der Waals surface area contributed by atoms with E-state index in [4.69, 9.17) is 10.5 Å². The van der Waals surface area contributed by atoms with Gasteiger partial charge in [0.25, 0.3) is 0 Å². The molecule has 4 heteroatoms. The molecule has 2 atom stereocenters. The Kier molecular flexibility index (Phi) is 4.88. The first-order chi connectivity index (χ1) is 9.58. The largest absolute Gasteiger partial charge is 0.493 e. The van der Waals surface area contributed by atoms with Gasteiger partial charge in [-0.15, -0.1) is 0 Å². The van der Waals surface area contributed by atoms with Crippen molar-refractivity contribution in [3.8, 4) is 5.75 Å². The molecule has 0 bridgehead atoms. The molecular formula is C16H24N2O2. The number of anilines is 1. The van der Waals surface area contributed by atoms with Crippen LogP contribution in [0.3, 0.4) is 0 Å². The monoisotopic (exact) mass is 276 g/mol. The number of hydrogen-bond acceptors (Lipinski definition) is 3. The van der Waals surface area contributed by atoms with Crippen molar-refractivity contribution < 1.29 is 9.53 Å². The van der Waals surface area contributed by atoms with Crippen LogP contribution in [0.5, 0.6) is 5.75 Å². The van der Waals surface area contributed by atoms with Crippen LogP contribution in [0.15, 0.2) is 24.3 Å². The number of nitrogens with two attached hydrogens (primary N) is 1. The summed E-state index contributed by atoms with van der Waals surface area (Å²) in [5, 5.41) is 0. The zero-order valence-electron chi connectivity index (χ0n) is 12.3. The van der Waals surface area contributed by atoms with Crippen LogP contribution < -0.4 is 10.5 Å². The highest BCUT2D eigenvalue weighted by Crippen LogP contribution is 2.23. The molecule has 110 valence electrons. The second-order valence-electron chi connectivity index (χ2n) is 5.62. The Labute approximate surface area is 120 Å². The van der Waals surface area contributed by atoms with Gasteiger partial charge in [-0.25, -0.2) is 0 Å². The topological polar surface area (TPSA) is 55.6 Å². The molecule has 0 spiro atoms. The number of nitrogen functional groups attached to an aromatic ring is 1. The minimum atomic E-state index is 0.188. The van der Waals surface area contributed by atoms with Gasteiger partial charge in [0.15, 0.2) is 0 Å². The van der Waals surface area contributed by atoms with Crippen molar-refractivity contribution in [2.75, 3.05) is 18.9 Å². The van der Waals surface area contributed by atoms with E-state index in [0.29, 0.717) is 30.7 Å². The van der Waals surface area contributed by atoms with Crippen LogP contribution in [-0.4, -0.2) is 30.0 Å². The van der Waals surface area contributed by atoms with Crippen molar-refractivity contribution >= 4 is 11.6 Å². The molecule has 2 N–H and O–H groups in total. The number of carbonyl (C=O) groups excluding carboxylic acids is 1. The zero-order valence-corrected chi connectivity index (χ0v) is 12.3. The average molecular weight is 276 g/mol. The molecule has 1 aromatic carbocycles. The Morgan fingerprint density at radius 1 is 1.45 bits per heavy atom. The van der Waals surface area contributed by atoms with E-state index in [2.05, 4.69) is 13.8 Å². The number of carbonyl (C=O) groups is 1. The van der Waals surface area contributed by atoms with E-state index in [9.17, 15) is 4.79 Å². The molecule has 0 saturated carbocycles. The van der Waals surface area contributed by atoms with Gasteiger partial charge in [0, 0.05) is 24.3 Å². The number of benzene rings is 1. The van der Waals surface area contributed by atoms with Gasteiger partial charge in [0.05, 0.1) is 13.0 Å². The molecule has 20 heavy (non-hydrogen) atoms. The second kappa shape index (κ2) is 6.64. The molecule has 1 aliphatic heterocycles. The Morgan fingerprint density at radius 3 is 3.00 bits per heavy atom. The molecule has 0 radical (unpaired) electrons. The van der Waals surface area contributed by atoms with Gasteiger partial charge in [-0.05, 0) is 37.8 Å². The summed E-state index contributed by atoms with van der Waals surface area (Å²) in [4.78, 5) is 14.2. The fourth-order valence-corrected chi connectivity index (χ4v) is 2.69. The lowest BCUT2D eigenvalue weighted by molar-refractivity contribution is -0.136. The summed E-state index contributed by atoms with van der Waals surface area (Å²) in [5.74, 6) is 1.49. The molecule has 2 rings (SSSR count). The minimum Gasteiger partial charge on any atom is -0.493 e. The van der Waals surface area contributed by atoms with Gasteiger partial charge in [-0.2, -0.15) is 0 Å². The lowest BCUT2D eigenvalue weighted by Gasteiger charge is -2.38. The molecule has 2 unspecified atom stereocenters. The van der Waals surface area contributed by atoms with Gasteiger partial charge in [-0.3, -0.25) is 4.79 Å². The van der Waals surface area contributed by atoms with Crippen LogP contribution in [0.4, 0.5) is 5.69 Å². The summed E-state index contributed by atoms with van der Waals surface area (Å²) in [7, 11) is 0. The summed E-state index contributed by atoms with van der Waals surface area (Å²) in [6.07, 6.45) is 2.74. The van der Waals surface area contributed by atoms with Gasteiger partial charge < -0.3 is 15.4 Å². The van der Waals surface area contributed by atoms with E-state index in [1.165, 1.54) is 6.42 Å². The van der Waals surface area contributed by atoms with Gasteiger partial charge in [0.2, 0.25) is 5.91 Å². The Morgan fingerprint density at radius 2 is 2.25 bits per heavy atom. The van der Waals surface area contributed by atoms with Crippen LogP contribution in [-0.2, 0) is 4.79 Å². The van der Waals surface area contributed by atoms with E-state index in [1.54, 1.807) is 6.07 Å². The molecule has 0 aromatic heterocycles. The lowest BCUT2D eigenvalue weighted by atomic mass is 9.92. The molecular weight excluding hydrogens is 252 g/mol. The molecule has 1 aromatic rings. The number of likely N-dealkylation sites (tertiary alicyclic amines) is 1. The number of rotatable bonds is 4. The number of hydrogen-bond donors (Lipinski definition) is 1. The molecule has 0 aliphatic carbocycles. The predicted octanol–water partition coefficient (Wildman–Crippen LogP) is 2.68. The molecule has 1 heterocycles. The van der Waals surface area contributed by atoms with Crippen molar-refractivity contribution in [1.82, 2.24) is 4.90 Å². The fourth-order valence-electron chi connectivity index (χ4n) is 2.69. The smallest absolute Gasteiger partial charge is 0.226 e. The van der Waals surface area contributed by atoms with E-state index in [-0.39, 0.29) is 5.91 Å². The quantitative estimate of drug-likeness (QED) is 0.860. The Bertz CT molecular complexity index is 462. The molecule has 4 nitrogen and oxygen atoms in total. The average Bonchev–Trinajstić information content (AvgIpc) is 2.42. The summed E-state index contributed by atoms with van der Waals surface area (Å²) >= 11 is 0. The third kappa shape index (κ3) is 3.65. The maximum Gasteiger partial charge on any atom is 0.226 e. The standard InChI is InChI=1S/C16H24N2O2/c1-12-5-4-9-18(13(12)2)16(19)8-10-20-15-7-3-6-14(17)11-15/h3,6-7,11-13H,4-5,8-10,17H2,1-2H3. The maximum absolute atomic E-state index is 12.2. The van der Waals surface area contributed by atoms with E-state index >= 15 is 0 Å². The number of piperidine rings is 1. The normalized spacial score (nSPS) is 22.6. The van der Waals surface area contributed by atoms with Crippen LogP contribution in [0, 0.1) is 5.92 Å². The van der Waals surface area contributed by atoms with Crippen LogP contribution in [0.1, 0.15) is 33.1 Å². The van der Waals surface area contributed by atoms with Gasteiger partial charge in [0.1, 0.15) is 5.75 Å². The number of nitrogens with zero attached hydrogens (tertiary/aromatic N) is 1. The van der Waals surface area contributed by atoms with Crippen molar-refractivity contribution in [3.05, 3.63) is 24.3 Å². The predicted molar refractivity (Wildman–Crippen MR) is 80.5 cm³/mol. The van der Waals surface area contributed by atoms with Crippen molar-refractivity contribution in [2.24, 2.45) is 5.92 Å². The lowest BCUT2D eigenvalue weighted by Crippen LogP contribution is -2.46. The Balaban J connectivity index is 1.80. The number of ether oxygens (including phenoxy) is 1. The van der Waals surface area contributed by atoms with E-state index < -0.39 is 0 Å². The maximum atomic E-state index is 12.2. The van der Waals surface area contributed by atoms with Crippen LogP contribution >= 0.6 is 0 Å². The third-order valence-electron chi connectivity index (χ3n) is 4.14. The molecule has 1 fully saturated rings. The van der Waals surface area contributed by atoms with Gasteiger partial charge in [-0.1, -0.05) is 13.0 Å². The summed E-state index contributed by atoms with van der Waals surface area (Å²) in [6.45, 7) is 5.64. The van der Waals surface area contributed by atoms with E-state index in [1.807, 2.05) is 23.1 Å². The first-order valence-corrected chi connectivity index (χ1v) is 7.35. The Hall–Kier alpha value is -1.71. The second-order valence-corrected chi connectivity index (χ2v) is 5.62. The zero-order chi connectivity index (χ0) is 14.5. The van der Waals surface area contributed by atoms with Crippen LogP contribution in [0.25, 0.3) is 0 Å². The minimum absolute atomic E-state index is 0.188. The van der Waals surface area contributed by atoms with Crippen molar-refractivity contribution in [3.63, 3.8) is 0 Å². The third-order valence-corrected chi connectivity index (χ3v) is 4.14. The molecule has 1 aliphatic rings. The van der Waals surface area contributed by atoms with Crippen molar-refractivity contribution in [2.45, 2.75) is 39.2 Å². The molecule has 1 amide bonds. The highest BCUT2D eigenvalue weighted by molar-refractivity contribution is 5.76. The summed E-state index contributed by atoms with van der Waals surface area (Å²) in [5.41, 5.74) is 6.36. The fraction of sp³-hybridized carbons (Fsp3) is 0.562. The summed E-state index contributed by atoms with van der Waals surface area (Å²) in [6, 6.07) is 7.63. The van der Waals surface area contributed by atoms with Gasteiger partial charge >= 0.3 is 0 Å². The number of amides is 1. The first-order valence-electron chi connectivity index (χ1n) is 7.35. The SMILES string of the molecule is CC1CCCN(C(=O)CCOc2cccc(N)c2)C1C.